The topological polar surface area (TPSA) is 99.2 Å². The van der Waals surface area contributed by atoms with Crippen molar-refractivity contribution < 1.29 is 14.3 Å². The Labute approximate surface area is 167 Å². The van der Waals surface area contributed by atoms with Gasteiger partial charge in [0.05, 0.1) is 24.1 Å². The first-order chi connectivity index (χ1) is 13.4. The van der Waals surface area contributed by atoms with Crippen LogP contribution in [0.4, 0.5) is 0 Å². The molecule has 3 N–H and O–H groups in total. The van der Waals surface area contributed by atoms with Crippen molar-refractivity contribution in [2.75, 3.05) is 13.7 Å². The van der Waals surface area contributed by atoms with E-state index in [0.717, 1.165) is 33.4 Å². The van der Waals surface area contributed by atoms with E-state index in [-0.39, 0.29) is 5.91 Å². The molecule has 28 heavy (non-hydrogen) atoms. The van der Waals surface area contributed by atoms with Gasteiger partial charge in [0.2, 0.25) is 5.91 Å². The highest BCUT2D eigenvalue weighted by molar-refractivity contribution is 7.13. The predicted molar refractivity (Wildman–Crippen MR) is 109 cm³/mol. The maximum absolute atomic E-state index is 11.8. The van der Waals surface area contributed by atoms with E-state index in [2.05, 4.69) is 5.32 Å². The highest BCUT2D eigenvalue weighted by Gasteiger charge is 2.19. The van der Waals surface area contributed by atoms with Crippen molar-refractivity contribution in [2.24, 2.45) is 5.73 Å². The van der Waals surface area contributed by atoms with Crippen LogP contribution in [-0.2, 0) is 11.3 Å². The van der Waals surface area contributed by atoms with Gasteiger partial charge in [-0.05, 0) is 37.3 Å². The first-order valence-corrected chi connectivity index (χ1v) is 9.63. The summed E-state index contributed by atoms with van der Waals surface area (Å²) in [4.78, 5) is 27.7. The molecule has 7 nitrogen and oxygen atoms in total. The van der Waals surface area contributed by atoms with Gasteiger partial charge in [-0.2, -0.15) is 0 Å². The summed E-state index contributed by atoms with van der Waals surface area (Å²) in [6, 6.07) is 9.46. The zero-order valence-electron chi connectivity index (χ0n) is 16.0. The number of primary amides is 1. The van der Waals surface area contributed by atoms with Crippen molar-refractivity contribution in [3.05, 3.63) is 47.0 Å². The fourth-order valence-electron chi connectivity index (χ4n) is 3.00. The number of nitrogens with one attached hydrogen (secondary N) is 1. The first-order valence-electron chi connectivity index (χ1n) is 8.75. The number of hydrogen-bond acceptors (Lipinski definition) is 5. The van der Waals surface area contributed by atoms with E-state index in [0.29, 0.717) is 18.7 Å². The van der Waals surface area contributed by atoms with Crippen LogP contribution in [0.25, 0.3) is 22.0 Å². The van der Waals surface area contributed by atoms with Gasteiger partial charge < -0.3 is 20.4 Å². The van der Waals surface area contributed by atoms with Crippen LogP contribution >= 0.6 is 11.3 Å². The van der Waals surface area contributed by atoms with Gasteiger partial charge in [-0.25, -0.2) is 4.98 Å². The SMILES string of the molecule is COc1ccc(-c2nc(-c3cc(C(N)=O)c(C)n3CCNC(C)=O)cs2)cc1. The van der Waals surface area contributed by atoms with Gasteiger partial charge in [0.15, 0.2) is 0 Å². The molecule has 0 aliphatic heterocycles. The van der Waals surface area contributed by atoms with E-state index < -0.39 is 5.91 Å². The number of hydrogen-bond donors (Lipinski definition) is 2. The second kappa shape index (κ2) is 8.26. The van der Waals surface area contributed by atoms with Crippen LogP contribution in [0, 0.1) is 6.92 Å². The van der Waals surface area contributed by atoms with Crippen molar-refractivity contribution in [3.8, 4) is 27.7 Å². The van der Waals surface area contributed by atoms with Gasteiger partial charge in [-0.3, -0.25) is 9.59 Å². The molecule has 0 saturated carbocycles. The average molecular weight is 398 g/mol. The van der Waals surface area contributed by atoms with E-state index in [1.165, 1.54) is 18.3 Å². The molecule has 3 aromatic rings. The van der Waals surface area contributed by atoms with Gasteiger partial charge in [0.1, 0.15) is 10.8 Å². The van der Waals surface area contributed by atoms with Gasteiger partial charge in [0, 0.05) is 36.7 Å². The summed E-state index contributed by atoms with van der Waals surface area (Å²) in [5, 5.41) is 5.59. The van der Waals surface area contributed by atoms with Crippen LogP contribution in [0.5, 0.6) is 5.75 Å². The molecule has 2 amide bonds. The normalized spacial score (nSPS) is 10.7. The lowest BCUT2D eigenvalue weighted by atomic mass is 10.2. The molecule has 8 heteroatoms. The van der Waals surface area contributed by atoms with Crippen LogP contribution < -0.4 is 15.8 Å². The fourth-order valence-corrected chi connectivity index (χ4v) is 3.82. The molecule has 0 bridgehead atoms. The summed E-state index contributed by atoms with van der Waals surface area (Å²) in [5.74, 6) is 0.202. The Morgan fingerprint density at radius 2 is 2.00 bits per heavy atom. The highest BCUT2D eigenvalue weighted by atomic mass is 32.1. The Bertz CT molecular complexity index is 1010. The number of benzene rings is 1. The van der Waals surface area contributed by atoms with E-state index in [9.17, 15) is 9.59 Å². The second-order valence-corrected chi connectivity index (χ2v) is 7.15. The fraction of sp³-hybridized carbons (Fsp3) is 0.250. The van der Waals surface area contributed by atoms with Gasteiger partial charge in [-0.15, -0.1) is 11.3 Å². The van der Waals surface area contributed by atoms with E-state index >= 15 is 0 Å². The Morgan fingerprint density at radius 3 is 2.61 bits per heavy atom. The molecule has 0 saturated heterocycles. The smallest absolute Gasteiger partial charge is 0.250 e. The maximum atomic E-state index is 11.8. The average Bonchev–Trinajstić information content (AvgIpc) is 3.27. The molecule has 0 fully saturated rings. The van der Waals surface area contributed by atoms with Crippen molar-refractivity contribution in [1.82, 2.24) is 14.9 Å². The molecule has 1 aromatic carbocycles. The quantitative estimate of drug-likeness (QED) is 0.639. The summed E-state index contributed by atoms with van der Waals surface area (Å²) in [6.07, 6.45) is 0. The zero-order valence-corrected chi connectivity index (χ0v) is 16.8. The summed E-state index contributed by atoms with van der Waals surface area (Å²) in [7, 11) is 1.63. The highest BCUT2D eigenvalue weighted by Crippen LogP contribution is 2.32. The standard InChI is InChI=1S/C20H22N4O3S/c1-12-16(19(21)26)10-18(24(12)9-8-22-13(2)25)17-11-28-20(23-17)14-4-6-15(27-3)7-5-14/h4-7,10-11H,8-9H2,1-3H3,(H2,21,26)(H,22,25). The van der Waals surface area contributed by atoms with Crippen LogP contribution in [0.1, 0.15) is 23.0 Å². The number of rotatable bonds is 7. The van der Waals surface area contributed by atoms with Crippen LogP contribution in [-0.4, -0.2) is 35.0 Å². The minimum atomic E-state index is -0.484. The Morgan fingerprint density at radius 1 is 1.29 bits per heavy atom. The number of carbonyl (C=O) groups excluding carboxylic acids is 2. The molecule has 2 heterocycles. The number of nitrogens with two attached hydrogens (primary N) is 1. The lowest BCUT2D eigenvalue weighted by molar-refractivity contribution is -0.118. The lowest BCUT2D eigenvalue weighted by Gasteiger charge is -2.11. The van der Waals surface area contributed by atoms with Crippen molar-refractivity contribution >= 4 is 23.2 Å². The summed E-state index contributed by atoms with van der Waals surface area (Å²) in [6.45, 7) is 4.28. The lowest BCUT2D eigenvalue weighted by Crippen LogP contribution is -2.25. The zero-order chi connectivity index (χ0) is 20.3. The number of nitrogens with zero attached hydrogens (tertiary/aromatic N) is 2. The number of aromatic nitrogens is 2. The van der Waals surface area contributed by atoms with Crippen molar-refractivity contribution in [2.45, 2.75) is 20.4 Å². The summed E-state index contributed by atoms with van der Waals surface area (Å²) in [5.41, 5.74) is 9.28. The number of thiazole rings is 1. The van der Waals surface area contributed by atoms with E-state index in [1.807, 2.05) is 41.1 Å². The minimum absolute atomic E-state index is 0.100. The molecule has 0 aliphatic rings. The largest absolute Gasteiger partial charge is 0.497 e. The number of carbonyl (C=O) groups is 2. The molecule has 0 radical (unpaired) electrons. The first kappa shape index (κ1) is 19.6. The molecule has 0 aliphatic carbocycles. The van der Waals surface area contributed by atoms with E-state index in [4.69, 9.17) is 15.5 Å². The third kappa shape index (κ3) is 4.07. The Kier molecular flexibility index (Phi) is 5.79. The summed E-state index contributed by atoms with van der Waals surface area (Å²) >= 11 is 1.52. The second-order valence-electron chi connectivity index (χ2n) is 6.29. The minimum Gasteiger partial charge on any atom is -0.497 e. The van der Waals surface area contributed by atoms with Crippen LogP contribution in [0.2, 0.25) is 0 Å². The molecule has 0 unspecified atom stereocenters. The van der Waals surface area contributed by atoms with Crippen molar-refractivity contribution in [3.63, 3.8) is 0 Å². The number of methoxy groups -OCH3 is 1. The Hall–Kier alpha value is -3.13. The van der Waals surface area contributed by atoms with Gasteiger partial charge >= 0.3 is 0 Å². The van der Waals surface area contributed by atoms with Crippen LogP contribution in [0.3, 0.4) is 0 Å². The molecular weight excluding hydrogens is 376 g/mol. The molecule has 2 aromatic heterocycles. The Balaban J connectivity index is 1.95. The molecule has 0 atom stereocenters. The van der Waals surface area contributed by atoms with Gasteiger partial charge in [0.25, 0.3) is 5.91 Å². The predicted octanol–water partition coefficient (Wildman–Crippen LogP) is 2.83. The number of amides is 2. The van der Waals surface area contributed by atoms with E-state index in [1.54, 1.807) is 13.2 Å². The molecule has 146 valence electrons. The molecule has 0 spiro atoms. The third-order valence-corrected chi connectivity index (χ3v) is 5.34. The third-order valence-electron chi connectivity index (χ3n) is 4.44. The summed E-state index contributed by atoms with van der Waals surface area (Å²) < 4.78 is 7.16. The molecular formula is C20H22N4O3S. The monoisotopic (exact) mass is 398 g/mol. The number of ether oxygens (including phenoxy) is 1. The van der Waals surface area contributed by atoms with Crippen LogP contribution in [0.15, 0.2) is 35.7 Å². The molecule has 3 rings (SSSR count). The van der Waals surface area contributed by atoms with Crippen molar-refractivity contribution in [1.29, 1.82) is 0 Å². The maximum Gasteiger partial charge on any atom is 0.250 e. The van der Waals surface area contributed by atoms with Gasteiger partial charge in [-0.1, -0.05) is 0 Å².